The molecule has 2 atom stereocenters. The minimum Gasteiger partial charge on any atom is -0.497 e. The molecule has 0 saturated carbocycles. The van der Waals surface area contributed by atoms with Crippen LogP contribution in [0.5, 0.6) is 11.5 Å². The highest BCUT2D eigenvalue weighted by Crippen LogP contribution is 2.41. The standard InChI is InChI=1S/C30H43N3O5SSi/c1-22-18-32-28(19-31-22)29(38-40(8,9)30(3,4)5)23(2)39(34,35)33(20-24-10-14-26(36-6)15-11-24)21-25-12-16-27(37-7)17-13-25/h10-19,23,29H,20-21H2,1-9H3/t23-,29?/m1/s1. The maximum atomic E-state index is 14.5. The van der Waals surface area contributed by atoms with Gasteiger partial charge in [-0.1, -0.05) is 45.0 Å². The lowest BCUT2D eigenvalue weighted by atomic mass is 10.2. The molecule has 0 fully saturated rings. The molecule has 0 bridgehead atoms. The first-order chi connectivity index (χ1) is 18.7. The summed E-state index contributed by atoms with van der Waals surface area (Å²) in [6.07, 6.45) is 2.51. The Morgan fingerprint density at radius 1 is 0.850 bits per heavy atom. The van der Waals surface area contributed by atoms with E-state index in [0.717, 1.165) is 16.8 Å². The first-order valence-corrected chi connectivity index (χ1v) is 17.8. The van der Waals surface area contributed by atoms with Gasteiger partial charge in [-0.25, -0.2) is 8.42 Å². The van der Waals surface area contributed by atoms with E-state index >= 15 is 0 Å². The fourth-order valence-corrected chi connectivity index (χ4v) is 6.98. The molecule has 0 saturated heterocycles. The number of aryl methyl sites for hydroxylation is 1. The summed E-state index contributed by atoms with van der Waals surface area (Å²) in [6, 6.07) is 14.9. The molecule has 218 valence electrons. The van der Waals surface area contributed by atoms with Gasteiger partial charge in [-0.15, -0.1) is 0 Å². The Morgan fingerprint density at radius 2 is 1.32 bits per heavy atom. The molecule has 2 aromatic carbocycles. The zero-order valence-electron chi connectivity index (χ0n) is 25.1. The smallest absolute Gasteiger partial charge is 0.220 e. The van der Waals surface area contributed by atoms with Gasteiger partial charge in [0, 0.05) is 19.3 Å². The lowest BCUT2D eigenvalue weighted by Gasteiger charge is -2.41. The van der Waals surface area contributed by atoms with Crippen molar-refractivity contribution in [3.63, 3.8) is 0 Å². The van der Waals surface area contributed by atoms with E-state index in [9.17, 15) is 8.42 Å². The van der Waals surface area contributed by atoms with Crippen LogP contribution in [0.2, 0.25) is 18.1 Å². The average molecular weight is 586 g/mol. The van der Waals surface area contributed by atoms with Crippen LogP contribution >= 0.6 is 0 Å². The van der Waals surface area contributed by atoms with Crippen molar-refractivity contribution in [3.8, 4) is 11.5 Å². The molecule has 1 heterocycles. The van der Waals surface area contributed by atoms with Gasteiger partial charge in [0.15, 0.2) is 8.32 Å². The Labute approximate surface area is 240 Å². The van der Waals surface area contributed by atoms with E-state index in [1.54, 1.807) is 33.5 Å². The van der Waals surface area contributed by atoms with Crippen LogP contribution in [0.1, 0.15) is 56.3 Å². The molecule has 0 spiro atoms. The molecule has 0 aliphatic rings. The van der Waals surface area contributed by atoms with E-state index in [4.69, 9.17) is 13.9 Å². The SMILES string of the molecule is COc1ccc(CN(Cc2ccc(OC)cc2)S(=O)(=O)[C@H](C)C(O[Si](C)(C)C(C)(C)C)c2cnc(C)cn2)cc1. The van der Waals surface area contributed by atoms with Crippen LogP contribution in [0, 0.1) is 6.92 Å². The van der Waals surface area contributed by atoms with Gasteiger partial charge in [0.2, 0.25) is 10.0 Å². The van der Waals surface area contributed by atoms with Crippen LogP contribution < -0.4 is 9.47 Å². The third-order valence-electron chi connectivity index (χ3n) is 7.61. The second kappa shape index (κ2) is 12.8. The van der Waals surface area contributed by atoms with Crippen LogP contribution in [0.4, 0.5) is 0 Å². The summed E-state index contributed by atoms with van der Waals surface area (Å²) in [4.78, 5) is 8.98. The topological polar surface area (TPSA) is 90.9 Å². The second-order valence-corrected chi connectivity index (χ2v) is 18.6. The number of methoxy groups -OCH3 is 2. The van der Waals surface area contributed by atoms with Crippen LogP contribution in [0.15, 0.2) is 60.9 Å². The summed E-state index contributed by atoms with van der Waals surface area (Å²) in [6.45, 7) is 14.6. The molecule has 0 radical (unpaired) electrons. The molecule has 3 aromatic rings. The van der Waals surface area contributed by atoms with Gasteiger partial charge >= 0.3 is 0 Å². The molecule has 0 N–H and O–H groups in total. The first kappa shape index (κ1) is 31.7. The van der Waals surface area contributed by atoms with E-state index in [1.165, 1.54) is 4.31 Å². The number of hydrogen-bond acceptors (Lipinski definition) is 7. The number of rotatable bonds is 12. The summed E-state index contributed by atoms with van der Waals surface area (Å²) in [5, 5.41) is -1.05. The molecule has 10 heteroatoms. The molecule has 0 aliphatic heterocycles. The fraction of sp³-hybridized carbons (Fsp3) is 0.467. The monoisotopic (exact) mass is 585 g/mol. The zero-order chi connectivity index (χ0) is 29.7. The minimum atomic E-state index is -3.90. The van der Waals surface area contributed by atoms with Crippen molar-refractivity contribution in [2.75, 3.05) is 14.2 Å². The highest BCUT2D eigenvalue weighted by atomic mass is 32.2. The predicted molar refractivity (Wildman–Crippen MR) is 161 cm³/mol. The molecule has 40 heavy (non-hydrogen) atoms. The number of aromatic nitrogens is 2. The molecule has 0 amide bonds. The van der Waals surface area contributed by atoms with Crippen molar-refractivity contribution in [2.45, 2.75) is 77.2 Å². The summed E-state index contributed by atoms with van der Waals surface area (Å²) < 4.78 is 47.8. The average Bonchev–Trinajstić information content (AvgIpc) is 2.91. The summed E-state index contributed by atoms with van der Waals surface area (Å²) in [7, 11) is -3.08. The van der Waals surface area contributed by atoms with Gasteiger partial charge in [-0.3, -0.25) is 9.97 Å². The number of ether oxygens (including phenoxy) is 2. The molecular formula is C30H43N3O5SSi. The highest BCUT2D eigenvalue weighted by molar-refractivity contribution is 7.89. The third kappa shape index (κ3) is 7.69. The van der Waals surface area contributed by atoms with E-state index in [0.29, 0.717) is 17.2 Å². The van der Waals surface area contributed by atoms with Crippen molar-refractivity contribution in [1.29, 1.82) is 0 Å². The van der Waals surface area contributed by atoms with Gasteiger partial charge < -0.3 is 13.9 Å². The Bertz CT molecular complexity index is 1290. The minimum absolute atomic E-state index is 0.126. The molecule has 3 rings (SSSR count). The maximum Gasteiger partial charge on any atom is 0.220 e. The van der Waals surface area contributed by atoms with Crippen molar-refractivity contribution in [2.24, 2.45) is 0 Å². The lowest BCUT2D eigenvalue weighted by molar-refractivity contribution is 0.173. The van der Waals surface area contributed by atoms with Crippen LogP contribution in [-0.4, -0.2) is 50.5 Å². The number of sulfonamides is 1. The van der Waals surface area contributed by atoms with Crippen LogP contribution in [-0.2, 0) is 27.5 Å². The number of hydrogen-bond donors (Lipinski definition) is 0. The van der Waals surface area contributed by atoms with Gasteiger partial charge in [0.05, 0.1) is 31.8 Å². The molecular weight excluding hydrogens is 542 g/mol. The van der Waals surface area contributed by atoms with E-state index in [2.05, 4.69) is 43.8 Å². The van der Waals surface area contributed by atoms with Crippen LogP contribution in [0.3, 0.4) is 0 Å². The van der Waals surface area contributed by atoms with Crippen molar-refractivity contribution < 1.29 is 22.3 Å². The lowest BCUT2D eigenvalue weighted by Crippen LogP contribution is -2.47. The van der Waals surface area contributed by atoms with Crippen molar-refractivity contribution in [1.82, 2.24) is 14.3 Å². The molecule has 0 aliphatic carbocycles. The van der Waals surface area contributed by atoms with Crippen molar-refractivity contribution in [3.05, 3.63) is 83.4 Å². The Morgan fingerprint density at radius 3 is 1.70 bits per heavy atom. The van der Waals surface area contributed by atoms with E-state index < -0.39 is 29.7 Å². The second-order valence-electron chi connectivity index (χ2n) is 11.6. The summed E-state index contributed by atoms with van der Waals surface area (Å²) in [5.74, 6) is 1.42. The van der Waals surface area contributed by atoms with E-state index in [-0.39, 0.29) is 18.1 Å². The van der Waals surface area contributed by atoms with Gasteiger partial charge in [-0.05, 0) is 67.4 Å². The highest BCUT2D eigenvalue weighted by Gasteiger charge is 2.44. The number of benzene rings is 2. The van der Waals surface area contributed by atoms with Crippen molar-refractivity contribution >= 4 is 18.3 Å². The third-order valence-corrected chi connectivity index (χ3v) is 14.2. The zero-order valence-corrected chi connectivity index (χ0v) is 27.0. The normalized spacial score (nSPS) is 14.2. The molecule has 8 nitrogen and oxygen atoms in total. The fourth-order valence-electron chi connectivity index (χ4n) is 3.94. The number of nitrogens with zero attached hydrogens (tertiary/aromatic N) is 3. The molecule has 1 unspecified atom stereocenters. The Balaban J connectivity index is 2.05. The predicted octanol–water partition coefficient (Wildman–Crippen LogP) is 6.29. The first-order valence-electron chi connectivity index (χ1n) is 13.4. The maximum absolute atomic E-state index is 14.5. The van der Waals surface area contributed by atoms with Crippen LogP contribution in [0.25, 0.3) is 0 Å². The Kier molecular flexibility index (Phi) is 10.2. The largest absolute Gasteiger partial charge is 0.497 e. The quantitative estimate of drug-likeness (QED) is 0.231. The molecule has 1 aromatic heterocycles. The summed E-state index contributed by atoms with van der Waals surface area (Å²) >= 11 is 0. The summed E-state index contributed by atoms with van der Waals surface area (Å²) in [5.41, 5.74) is 2.97. The Hall–Kier alpha value is -2.79. The van der Waals surface area contributed by atoms with Gasteiger partial charge in [0.25, 0.3) is 0 Å². The van der Waals surface area contributed by atoms with E-state index in [1.807, 2.05) is 55.5 Å². The van der Waals surface area contributed by atoms with Gasteiger partial charge in [0.1, 0.15) is 22.9 Å². The van der Waals surface area contributed by atoms with Gasteiger partial charge in [-0.2, -0.15) is 4.31 Å².